The lowest BCUT2D eigenvalue weighted by Crippen LogP contribution is -2.07. The molecule has 0 saturated carbocycles. The second kappa shape index (κ2) is 9.25. The first-order valence-electron chi connectivity index (χ1n) is 8.76. The summed E-state index contributed by atoms with van der Waals surface area (Å²) >= 11 is 12.1. The third kappa shape index (κ3) is 4.98. The molecular weight excluding hydrogens is 436 g/mol. The minimum Gasteiger partial charge on any atom is -0.489 e. The van der Waals surface area contributed by atoms with Crippen molar-refractivity contribution in [3.8, 4) is 16.9 Å². The Bertz CT molecular complexity index is 1050. The number of ether oxygens (including phenoxy) is 1. The first-order chi connectivity index (χ1) is 13.8. The molecule has 8 heteroatoms. The Kier molecular flexibility index (Phi) is 6.94. The molecule has 152 valence electrons. The Labute approximate surface area is 179 Å². The SMILES string of the molecule is CP(C)c1ccc(-c2cnc(N)c(OCCc3c(Cl)ccc(F)c3Cl)c2)cc1F. The van der Waals surface area contributed by atoms with Gasteiger partial charge in [-0.15, -0.1) is 0 Å². The summed E-state index contributed by atoms with van der Waals surface area (Å²) in [5, 5.41) is 1.05. The normalized spacial score (nSPS) is 11.1. The summed E-state index contributed by atoms with van der Waals surface area (Å²) in [6, 6.07) is 9.50. The van der Waals surface area contributed by atoms with Crippen LogP contribution in [0.4, 0.5) is 14.6 Å². The van der Waals surface area contributed by atoms with E-state index in [-0.39, 0.29) is 23.3 Å². The Morgan fingerprint density at radius 3 is 2.48 bits per heavy atom. The predicted octanol–water partition coefficient (Wildman–Crippen LogP) is 5.90. The molecule has 0 aliphatic carbocycles. The molecule has 0 saturated heterocycles. The van der Waals surface area contributed by atoms with E-state index in [1.165, 1.54) is 18.2 Å². The molecule has 3 rings (SSSR count). The van der Waals surface area contributed by atoms with Gasteiger partial charge in [0, 0.05) is 28.5 Å². The molecule has 0 bridgehead atoms. The van der Waals surface area contributed by atoms with Crippen LogP contribution in [0.25, 0.3) is 11.1 Å². The molecule has 0 atom stereocenters. The van der Waals surface area contributed by atoms with Crippen molar-refractivity contribution in [1.29, 1.82) is 0 Å². The van der Waals surface area contributed by atoms with Crippen LogP contribution in [0.1, 0.15) is 5.56 Å². The van der Waals surface area contributed by atoms with Gasteiger partial charge in [0.25, 0.3) is 0 Å². The van der Waals surface area contributed by atoms with E-state index in [0.717, 1.165) is 0 Å². The van der Waals surface area contributed by atoms with Crippen LogP contribution >= 0.6 is 31.1 Å². The second-order valence-corrected chi connectivity index (χ2v) is 9.64. The highest BCUT2D eigenvalue weighted by Crippen LogP contribution is 2.31. The first kappa shape index (κ1) is 21.8. The molecule has 0 aliphatic heterocycles. The molecule has 3 nitrogen and oxygen atoms in total. The van der Waals surface area contributed by atoms with Gasteiger partial charge >= 0.3 is 0 Å². The van der Waals surface area contributed by atoms with E-state index in [9.17, 15) is 8.78 Å². The molecule has 0 fully saturated rings. The zero-order valence-corrected chi connectivity index (χ0v) is 18.3. The van der Waals surface area contributed by atoms with Gasteiger partial charge in [-0.05, 0) is 48.7 Å². The lowest BCUT2D eigenvalue weighted by atomic mass is 10.1. The highest BCUT2D eigenvalue weighted by atomic mass is 35.5. The van der Waals surface area contributed by atoms with Crippen molar-refractivity contribution in [2.75, 3.05) is 25.7 Å². The number of nitrogens with two attached hydrogens (primary N) is 1. The van der Waals surface area contributed by atoms with Gasteiger partial charge in [-0.25, -0.2) is 13.8 Å². The minimum absolute atomic E-state index is 0.0247. The largest absolute Gasteiger partial charge is 0.489 e. The van der Waals surface area contributed by atoms with Gasteiger partial charge in [0.2, 0.25) is 0 Å². The van der Waals surface area contributed by atoms with E-state index in [4.69, 9.17) is 33.7 Å². The van der Waals surface area contributed by atoms with Crippen LogP contribution in [0.3, 0.4) is 0 Å². The Balaban J connectivity index is 1.78. The van der Waals surface area contributed by atoms with Gasteiger partial charge in [0.05, 0.1) is 11.6 Å². The molecule has 2 N–H and O–H groups in total. The van der Waals surface area contributed by atoms with E-state index >= 15 is 0 Å². The topological polar surface area (TPSA) is 48.1 Å². The highest BCUT2D eigenvalue weighted by Gasteiger charge is 2.13. The first-order valence-corrected chi connectivity index (χ1v) is 11.7. The van der Waals surface area contributed by atoms with Crippen LogP contribution < -0.4 is 15.8 Å². The van der Waals surface area contributed by atoms with Crippen LogP contribution in [0.2, 0.25) is 10.0 Å². The molecule has 3 aromatic rings. The number of hydrogen-bond acceptors (Lipinski definition) is 3. The maximum absolute atomic E-state index is 14.3. The molecule has 0 unspecified atom stereocenters. The summed E-state index contributed by atoms with van der Waals surface area (Å²) in [7, 11) is -0.531. The summed E-state index contributed by atoms with van der Waals surface area (Å²) in [6.45, 7) is 4.17. The van der Waals surface area contributed by atoms with Crippen molar-refractivity contribution in [3.63, 3.8) is 0 Å². The zero-order chi connectivity index (χ0) is 21.1. The molecular formula is C21H19Cl2F2N2OP. The van der Waals surface area contributed by atoms with Crippen LogP contribution in [0.15, 0.2) is 42.6 Å². The number of pyridine rings is 1. The maximum atomic E-state index is 14.3. The summed E-state index contributed by atoms with van der Waals surface area (Å²) in [6.07, 6.45) is 1.86. The van der Waals surface area contributed by atoms with Gasteiger partial charge in [-0.2, -0.15) is 0 Å². The Morgan fingerprint density at radius 2 is 1.79 bits per heavy atom. The van der Waals surface area contributed by atoms with E-state index in [1.54, 1.807) is 18.3 Å². The quantitative estimate of drug-likeness (QED) is 0.372. The van der Waals surface area contributed by atoms with Crippen molar-refractivity contribution in [1.82, 2.24) is 4.98 Å². The Hall–Kier alpha value is -1.94. The highest BCUT2D eigenvalue weighted by molar-refractivity contribution is 7.64. The van der Waals surface area contributed by atoms with Gasteiger partial charge in [0.15, 0.2) is 11.6 Å². The number of benzene rings is 2. The summed E-state index contributed by atoms with van der Waals surface area (Å²) in [4.78, 5) is 4.14. The van der Waals surface area contributed by atoms with Crippen molar-refractivity contribution in [2.45, 2.75) is 6.42 Å². The van der Waals surface area contributed by atoms with Crippen molar-refractivity contribution in [3.05, 3.63) is 69.8 Å². The predicted molar refractivity (Wildman–Crippen MR) is 118 cm³/mol. The molecule has 1 heterocycles. The maximum Gasteiger partial charge on any atom is 0.166 e. The molecule has 0 aliphatic rings. The molecule has 29 heavy (non-hydrogen) atoms. The number of hydrogen-bond donors (Lipinski definition) is 1. The summed E-state index contributed by atoms with van der Waals surface area (Å²) < 4.78 is 33.7. The number of anilines is 1. The fourth-order valence-corrected chi connectivity index (χ4v) is 4.26. The minimum atomic E-state index is -0.539. The standard InChI is InChI=1S/C21H19Cl2F2N2OP/c1-29(2)19-6-3-12(9-17(19)25)13-10-18(21(26)27-11-13)28-8-7-14-15(22)4-5-16(24)20(14)23/h3-6,9-11H,7-8H2,1-2H3,(H2,26,27). The summed E-state index contributed by atoms with van der Waals surface area (Å²) in [5.41, 5.74) is 7.72. The third-order valence-electron chi connectivity index (χ3n) is 4.39. The van der Waals surface area contributed by atoms with E-state index in [2.05, 4.69) is 4.98 Å². The second-order valence-electron chi connectivity index (χ2n) is 6.59. The van der Waals surface area contributed by atoms with Crippen molar-refractivity contribution in [2.24, 2.45) is 0 Å². The van der Waals surface area contributed by atoms with Gasteiger partial charge < -0.3 is 10.5 Å². The molecule has 0 amide bonds. The van der Waals surface area contributed by atoms with E-state index < -0.39 is 13.7 Å². The van der Waals surface area contributed by atoms with Crippen molar-refractivity contribution < 1.29 is 13.5 Å². The third-order valence-corrected chi connectivity index (χ3v) is 6.48. The fraction of sp³-hybridized carbons (Fsp3) is 0.190. The molecule has 0 spiro atoms. The van der Waals surface area contributed by atoms with E-state index in [0.29, 0.717) is 39.2 Å². The van der Waals surface area contributed by atoms with Crippen molar-refractivity contribution >= 4 is 42.2 Å². The number of rotatable bonds is 6. The number of nitrogens with zero attached hydrogens (tertiary/aromatic N) is 1. The average molecular weight is 455 g/mol. The number of aromatic nitrogens is 1. The fourth-order valence-electron chi connectivity index (χ4n) is 2.84. The Morgan fingerprint density at radius 1 is 1.03 bits per heavy atom. The number of nitrogen functional groups attached to an aromatic ring is 1. The lowest BCUT2D eigenvalue weighted by molar-refractivity contribution is 0.322. The average Bonchev–Trinajstić information content (AvgIpc) is 2.68. The van der Waals surface area contributed by atoms with Gasteiger partial charge in [-0.3, -0.25) is 0 Å². The van der Waals surface area contributed by atoms with Gasteiger partial charge in [0.1, 0.15) is 11.6 Å². The zero-order valence-electron chi connectivity index (χ0n) is 15.8. The summed E-state index contributed by atoms with van der Waals surface area (Å²) in [5.74, 6) is -0.229. The number of halogens is 4. The smallest absolute Gasteiger partial charge is 0.166 e. The molecule has 1 aromatic heterocycles. The molecule has 0 radical (unpaired) electrons. The monoisotopic (exact) mass is 454 g/mol. The molecule has 2 aromatic carbocycles. The van der Waals surface area contributed by atoms with Crippen LogP contribution in [0.5, 0.6) is 5.75 Å². The van der Waals surface area contributed by atoms with E-state index in [1.807, 2.05) is 19.4 Å². The van der Waals surface area contributed by atoms with Crippen LogP contribution in [-0.2, 0) is 6.42 Å². The lowest BCUT2D eigenvalue weighted by Gasteiger charge is -2.13. The van der Waals surface area contributed by atoms with Crippen LogP contribution in [-0.4, -0.2) is 24.9 Å². The van der Waals surface area contributed by atoms with Gasteiger partial charge in [-0.1, -0.05) is 43.3 Å². The van der Waals surface area contributed by atoms with Crippen LogP contribution in [0, 0.1) is 11.6 Å².